The lowest BCUT2D eigenvalue weighted by atomic mass is 10.1. The minimum absolute atomic E-state index is 0.981. The van der Waals surface area contributed by atoms with E-state index < -0.39 is 0 Å². The molecule has 100 valence electrons. The van der Waals surface area contributed by atoms with Crippen LogP contribution in [0.3, 0.4) is 0 Å². The molecule has 2 aromatic carbocycles. The largest absolute Gasteiger partial charge is 0.355 e. The second-order valence-corrected chi connectivity index (χ2v) is 6.21. The fourth-order valence-corrected chi connectivity index (χ4v) is 3.15. The highest BCUT2D eigenvalue weighted by Gasteiger charge is 2.05. The number of aryl methyl sites for hydroxylation is 1. The van der Waals surface area contributed by atoms with Gasteiger partial charge in [-0.25, -0.2) is 0 Å². The topological polar surface area (TPSA) is 12.0 Å². The zero-order valence-corrected chi connectivity index (χ0v) is 12.3. The fourth-order valence-electron chi connectivity index (χ4n) is 2.24. The summed E-state index contributed by atoms with van der Waals surface area (Å²) >= 11 is 1.87. The predicted octanol–water partition coefficient (Wildman–Crippen LogP) is 5.39. The van der Waals surface area contributed by atoms with E-state index in [1.807, 2.05) is 29.5 Å². The average Bonchev–Trinajstić information content (AvgIpc) is 2.88. The number of anilines is 2. The Morgan fingerprint density at radius 3 is 2.35 bits per heavy atom. The molecule has 0 aliphatic rings. The van der Waals surface area contributed by atoms with Gasteiger partial charge in [-0.2, -0.15) is 0 Å². The lowest BCUT2D eigenvalue weighted by Gasteiger charge is -2.11. The van der Waals surface area contributed by atoms with E-state index in [-0.39, 0.29) is 0 Å². The summed E-state index contributed by atoms with van der Waals surface area (Å²) in [5, 5.41) is 3.50. The van der Waals surface area contributed by atoms with Gasteiger partial charge in [-0.15, -0.1) is 11.3 Å². The van der Waals surface area contributed by atoms with Gasteiger partial charge in [0.15, 0.2) is 0 Å². The number of para-hydroxylation sites is 2. The normalized spacial score (nSPS) is 10.4. The molecule has 1 N–H and O–H groups in total. The summed E-state index contributed by atoms with van der Waals surface area (Å²) in [6.07, 6.45) is 0.981. The fraction of sp³-hybridized carbons (Fsp3) is 0.111. The molecule has 2 heteroatoms. The van der Waals surface area contributed by atoms with Gasteiger partial charge in [-0.1, -0.05) is 36.4 Å². The smallest absolute Gasteiger partial charge is 0.0420 e. The third kappa shape index (κ3) is 3.09. The maximum atomic E-state index is 3.50. The van der Waals surface area contributed by atoms with Crippen LogP contribution in [0.1, 0.15) is 15.3 Å². The van der Waals surface area contributed by atoms with Crippen molar-refractivity contribution in [2.24, 2.45) is 0 Å². The Bertz CT molecular complexity index is 685. The summed E-state index contributed by atoms with van der Waals surface area (Å²) in [6.45, 7) is 2.16. The summed E-state index contributed by atoms with van der Waals surface area (Å²) in [7, 11) is 0. The number of nitrogens with one attached hydrogen (secondary N) is 1. The van der Waals surface area contributed by atoms with Crippen molar-refractivity contribution >= 4 is 22.7 Å². The van der Waals surface area contributed by atoms with Crippen LogP contribution in [0.25, 0.3) is 0 Å². The third-order valence-corrected chi connectivity index (χ3v) is 4.23. The quantitative estimate of drug-likeness (QED) is 0.675. The molecule has 0 unspecified atom stereocenters. The van der Waals surface area contributed by atoms with Crippen LogP contribution in [0.4, 0.5) is 11.4 Å². The van der Waals surface area contributed by atoms with E-state index in [9.17, 15) is 0 Å². The Morgan fingerprint density at radius 2 is 1.60 bits per heavy atom. The highest BCUT2D eigenvalue weighted by molar-refractivity contribution is 7.11. The standard InChI is InChI=1S/C18H17NS/c1-14-11-12-17(20-14)13-15-7-5-6-10-18(15)19-16-8-3-2-4-9-16/h2-12,19H,13H2,1H3. The van der Waals surface area contributed by atoms with Crippen molar-refractivity contribution in [1.82, 2.24) is 0 Å². The first kappa shape index (κ1) is 12.9. The van der Waals surface area contributed by atoms with E-state index >= 15 is 0 Å². The van der Waals surface area contributed by atoms with Crippen LogP contribution in [0, 0.1) is 6.92 Å². The van der Waals surface area contributed by atoms with Gasteiger partial charge in [-0.05, 0) is 42.8 Å². The van der Waals surface area contributed by atoms with Crippen LogP contribution >= 0.6 is 11.3 Å². The van der Waals surface area contributed by atoms with Gasteiger partial charge in [0.2, 0.25) is 0 Å². The molecule has 0 aliphatic heterocycles. The number of thiophene rings is 1. The summed E-state index contributed by atoms with van der Waals surface area (Å²) in [6, 6.07) is 23.2. The maximum Gasteiger partial charge on any atom is 0.0420 e. The van der Waals surface area contributed by atoms with Crippen molar-refractivity contribution < 1.29 is 0 Å². The molecule has 3 aromatic rings. The van der Waals surface area contributed by atoms with Crippen molar-refractivity contribution in [1.29, 1.82) is 0 Å². The van der Waals surface area contributed by atoms with Gasteiger partial charge in [0.1, 0.15) is 0 Å². The first-order valence-corrected chi connectivity index (χ1v) is 7.58. The van der Waals surface area contributed by atoms with E-state index in [1.165, 1.54) is 21.0 Å². The van der Waals surface area contributed by atoms with Crippen molar-refractivity contribution in [2.75, 3.05) is 5.32 Å². The van der Waals surface area contributed by atoms with Crippen LogP contribution in [-0.4, -0.2) is 0 Å². The molecular formula is C18H17NS. The molecule has 3 rings (SSSR count). The van der Waals surface area contributed by atoms with E-state index in [2.05, 4.69) is 60.8 Å². The first-order chi connectivity index (χ1) is 9.81. The Labute approximate surface area is 123 Å². The zero-order valence-electron chi connectivity index (χ0n) is 11.5. The highest BCUT2D eigenvalue weighted by atomic mass is 32.1. The molecule has 0 amide bonds. The summed E-state index contributed by atoms with van der Waals surface area (Å²) in [5.74, 6) is 0. The molecule has 0 atom stereocenters. The van der Waals surface area contributed by atoms with Crippen LogP contribution in [0.5, 0.6) is 0 Å². The molecule has 0 spiro atoms. The Balaban J connectivity index is 1.84. The van der Waals surface area contributed by atoms with Crippen LogP contribution in [0.2, 0.25) is 0 Å². The van der Waals surface area contributed by atoms with Crippen molar-refractivity contribution in [2.45, 2.75) is 13.3 Å². The average molecular weight is 279 g/mol. The third-order valence-electron chi connectivity index (χ3n) is 3.23. The maximum absolute atomic E-state index is 3.50. The molecule has 0 radical (unpaired) electrons. The van der Waals surface area contributed by atoms with Gasteiger partial charge in [0.05, 0.1) is 0 Å². The number of benzene rings is 2. The van der Waals surface area contributed by atoms with E-state index in [1.54, 1.807) is 0 Å². The molecule has 0 aliphatic carbocycles. The van der Waals surface area contributed by atoms with Gasteiger partial charge in [0.25, 0.3) is 0 Å². The van der Waals surface area contributed by atoms with Crippen molar-refractivity contribution in [3.05, 3.63) is 82.0 Å². The predicted molar refractivity (Wildman–Crippen MR) is 88.0 cm³/mol. The minimum Gasteiger partial charge on any atom is -0.355 e. The van der Waals surface area contributed by atoms with Crippen molar-refractivity contribution in [3.63, 3.8) is 0 Å². The van der Waals surface area contributed by atoms with Gasteiger partial charge >= 0.3 is 0 Å². The lowest BCUT2D eigenvalue weighted by molar-refractivity contribution is 1.24. The molecule has 1 aromatic heterocycles. The molecule has 0 saturated heterocycles. The monoisotopic (exact) mass is 279 g/mol. The summed E-state index contributed by atoms with van der Waals surface area (Å²) in [4.78, 5) is 2.78. The van der Waals surface area contributed by atoms with Crippen LogP contribution in [-0.2, 0) is 6.42 Å². The molecule has 1 heterocycles. The number of hydrogen-bond acceptors (Lipinski definition) is 2. The van der Waals surface area contributed by atoms with E-state index in [0.717, 1.165) is 12.1 Å². The summed E-state index contributed by atoms with van der Waals surface area (Å²) in [5.41, 5.74) is 3.64. The van der Waals surface area contributed by atoms with Crippen LogP contribution in [0.15, 0.2) is 66.7 Å². The van der Waals surface area contributed by atoms with E-state index in [4.69, 9.17) is 0 Å². The SMILES string of the molecule is Cc1ccc(Cc2ccccc2Nc2ccccc2)s1. The Hall–Kier alpha value is -2.06. The number of rotatable bonds is 4. The minimum atomic E-state index is 0.981. The molecule has 20 heavy (non-hydrogen) atoms. The Kier molecular flexibility index (Phi) is 3.84. The lowest BCUT2D eigenvalue weighted by Crippen LogP contribution is -1.96. The molecule has 0 bridgehead atoms. The van der Waals surface area contributed by atoms with Gasteiger partial charge in [-0.3, -0.25) is 0 Å². The molecule has 1 nitrogen and oxygen atoms in total. The first-order valence-electron chi connectivity index (χ1n) is 6.76. The highest BCUT2D eigenvalue weighted by Crippen LogP contribution is 2.25. The second-order valence-electron chi connectivity index (χ2n) is 4.84. The Morgan fingerprint density at radius 1 is 0.850 bits per heavy atom. The van der Waals surface area contributed by atoms with Gasteiger partial charge < -0.3 is 5.32 Å². The summed E-state index contributed by atoms with van der Waals surface area (Å²) < 4.78 is 0. The zero-order chi connectivity index (χ0) is 13.8. The van der Waals surface area contributed by atoms with Crippen LogP contribution < -0.4 is 5.32 Å². The van der Waals surface area contributed by atoms with Gasteiger partial charge in [0, 0.05) is 27.5 Å². The van der Waals surface area contributed by atoms with Crippen molar-refractivity contribution in [3.8, 4) is 0 Å². The molecule has 0 fully saturated rings. The molecular weight excluding hydrogens is 262 g/mol. The number of hydrogen-bond donors (Lipinski definition) is 1. The molecule has 0 saturated carbocycles. The second kappa shape index (κ2) is 5.93. The van der Waals surface area contributed by atoms with E-state index in [0.29, 0.717) is 0 Å².